The van der Waals surface area contributed by atoms with Crippen molar-refractivity contribution < 1.29 is 9.53 Å². The van der Waals surface area contributed by atoms with E-state index in [1.165, 1.54) is 0 Å². The normalized spacial score (nSPS) is 20.1. The summed E-state index contributed by atoms with van der Waals surface area (Å²) >= 11 is 0. The van der Waals surface area contributed by atoms with Crippen LogP contribution in [0.25, 0.3) is 0 Å². The second-order valence-corrected chi connectivity index (χ2v) is 6.52. The van der Waals surface area contributed by atoms with E-state index in [-0.39, 0.29) is 12.1 Å². The minimum Gasteiger partial charge on any atom is -0.444 e. The van der Waals surface area contributed by atoms with E-state index in [0.717, 1.165) is 37.2 Å². The lowest BCUT2D eigenvalue weighted by molar-refractivity contribution is 0.00859. The number of hydrogen-bond donors (Lipinski definition) is 0. The molecule has 1 aliphatic rings. The van der Waals surface area contributed by atoms with E-state index in [0.29, 0.717) is 0 Å². The highest BCUT2D eigenvalue weighted by Crippen LogP contribution is 2.32. The van der Waals surface area contributed by atoms with Gasteiger partial charge in [-0.2, -0.15) is 5.10 Å². The molecule has 0 N–H and O–H groups in total. The van der Waals surface area contributed by atoms with Crippen molar-refractivity contribution in [1.82, 2.24) is 14.7 Å². The molecule has 2 heterocycles. The molecule has 1 aliphatic heterocycles. The molecule has 0 bridgehead atoms. The monoisotopic (exact) mass is 279 g/mol. The Kier molecular flexibility index (Phi) is 4.06. The van der Waals surface area contributed by atoms with E-state index in [2.05, 4.69) is 11.2 Å². The molecule has 1 amide bonds. The number of aryl methyl sites for hydroxylation is 2. The maximum absolute atomic E-state index is 12.4. The van der Waals surface area contributed by atoms with Crippen LogP contribution < -0.4 is 0 Å². The maximum atomic E-state index is 12.4. The highest BCUT2D eigenvalue weighted by Gasteiger charge is 2.33. The molecule has 5 heteroatoms. The minimum absolute atomic E-state index is 0.0739. The van der Waals surface area contributed by atoms with Crippen LogP contribution in [0.1, 0.15) is 57.5 Å². The minimum atomic E-state index is -0.457. The van der Waals surface area contributed by atoms with Gasteiger partial charge >= 0.3 is 6.09 Å². The smallest absolute Gasteiger partial charge is 0.410 e. The Balaban J connectivity index is 2.21. The number of amides is 1. The van der Waals surface area contributed by atoms with Crippen LogP contribution in [0.4, 0.5) is 4.79 Å². The average Bonchev–Trinajstić information content (AvgIpc) is 2.66. The number of carbonyl (C=O) groups is 1. The molecule has 1 saturated heterocycles. The lowest BCUT2D eigenvalue weighted by Gasteiger charge is -2.36. The Bertz CT molecular complexity index is 488. The molecule has 1 unspecified atom stereocenters. The predicted octanol–water partition coefficient (Wildman–Crippen LogP) is 3.19. The summed E-state index contributed by atoms with van der Waals surface area (Å²) < 4.78 is 7.41. The number of hydrogen-bond acceptors (Lipinski definition) is 3. The summed E-state index contributed by atoms with van der Waals surface area (Å²) in [6.07, 6.45) is 2.92. The molecule has 20 heavy (non-hydrogen) atoms. The first-order valence-corrected chi connectivity index (χ1v) is 7.28. The van der Waals surface area contributed by atoms with Gasteiger partial charge < -0.3 is 4.74 Å². The van der Waals surface area contributed by atoms with Crippen molar-refractivity contribution in [3.8, 4) is 0 Å². The van der Waals surface area contributed by atoms with Gasteiger partial charge in [-0.1, -0.05) is 0 Å². The summed E-state index contributed by atoms with van der Waals surface area (Å²) in [5.74, 6) is 0. The van der Waals surface area contributed by atoms with Gasteiger partial charge in [-0.3, -0.25) is 9.58 Å². The van der Waals surface area contributed by atoms with Crippen LogP contribution in [0, 0.1) is 6.92 Å². The quantitative estimate of drug-likeness (QED) is 0.793. The Morgan fingerprint density at radius 2 is 2.10 bits per heavy atom. The maximum Gasteiger partial charge on any atom is 0.410 e. The molecular weight excluding hydrogens is 254 g/mol. The van der Waals surface area contributed by atoms with Gasteiger partial charge in [0.1, 0.15) is 5.60 Å². The fourth-order valence-corrected chi connectivity index (χ4v) is 2.72. The first kappa shape index (κ1) is 14.9. The van der Waals surface area contributed by atoms with Crippen molar-refractivity contribution in [3.63, 3.8) is 0 Å². The SMILES string of the molecule is Cc1cc(C2CCCCN2C(=O)OC(C)(C)C)n(C)n1. The van der Waals surface area contributed by atoms with Crippen molar-refractivity contribution in [1.29, 1.82) is 0 Å². The molecule has 0 aliphatic carbocycles. The van der Waals surface area contributed by atoms with E-state index in [9.17, 15) is 4.79 Å². The number of piperidine rings is 1. The standard InChI is InChI=1S/C15H25N3O2/c1-11-10-13(17(5)16-11)12-8-6-7-9-18(12)14(19)20-15(2,3)4/h10,12H,6-9H2,1-5H3. The first-order chi connectivity index (χ1) is 9.28. The summed E-state index contributed by atoms with van der Waals surface area (Å²) in [6.45, 7) is 8.43. The van der Waals surface area contributed by atoms with Crippen molar-refractivity contribution in [2.24, 2.45) is 7.05 Å². The molecule has 5 nitrogen and oxygen atoms in total. The van der Waals surface area contributed by atoms with Crippen LogP contribution in [0.5, 0.6) is 0 Å². The topological polar surface area (TPSA) is 47.4 Å². The third kappa shape index (κ3) is 3.32. The third-order valence-corrected chi connectivity index (χ3v) is 3.51. The molecular formula is C15H25N3O2. The van der Waals surface area contributed by atoms with Crippen LogP contribution in [-0.4, -0.2) is 32.9 Å². The van der Waals surface area contributed by atoms with E-state index in [4.69, 9.17) is 4.74 Å². The van der Waals surface area contributed by atoms with Crippen LogP contribution in [0.2, 0.25) is 0 Å². The van der Waals surface area contributed by atoms with Gasteiger partial charge in [-0.25, -0.2) is 4.79 Å². The Hall–Kier alpha value is -1.52. The lowest BCUT2D eigenvalue weighted by Crippen LogP contribution is -2.42. The van der Waals surface area contributed by atoms with E-state index < -0.39 is 5.60 Å². The first-order valence-electron chi connectivity index (χ1n) is 7.28. The number of rotatable bonds is 1. The van der Waals surface area contributed by atoms with Crippen molar-refractivity contribution >= 4 is 6.09 Å². The van der Waals surface area contributed by atoms with Crippen LogP contribution in [0.15, 0.2) is 6.07 Å². The van der Waals surface area contributed by atoms with Crippen LogP contribution >= 0.6 is 0 Å². The molecule has 1 aromatic heterocycles. The van der Waals surface area contributed by atoms with Gasteiger partial charge in [0.05, 0.1) is 17.4 Å². The summed E-state index contributed by atoms with van der Waals surface area (Å²) in [6, 6.07) is 2.14. The van der Waals surface area contributed by atoms with Gasteiger partial charge in [0.25, 0.3) is 0 Å². The highest BCUT2D eigenvalue weighted by molar-refractivity contribution is 5.69. The number of carbonyl (C=O) groups excluding carboxylic acids is 1. The molecule has 0 saturated carbocycles. The highest BCUT2D eigenvalue weighted by atomic mass is 16.6. The molecule has 1 fully saturated rings. The number of ether oxygens (including phenoxy) is 1. The summed E-state index contributed by atoms with van der Waals surface area (Å²) in [5.41, 5.74) is 1.62. The van der Waals surface area contributed by atoms with Crippen molar-refractivity contribution in [3.05, 3.63) is 17.5 Å². The largest absolute Gasteiger partial charge is 0.444 e. The zero-order chi connectivity index (χ0) is 14.9. The van der Waals surface area contributed by atoms with E-state index in [1.807, 2.05) is 44.3 Å². The fraction of sp³-hybridized carbons (Fsp3) is 0.733. The van der Waals surface area contributed by atoms with Gasteiger partial charge in [-0.15, -0.1) is 0 Å². The molecule has 0 aromatic carbocycles. The zero-order valence-electron chi connectivity index (χ0n) is 13.1. The summed E-state index contributed by atoms with van der Waals surface area (Å²) in [7, 11) is 1.93. The average molecular weight is 279 g/mol. The summed E-state index contributed by atoms with van der Waals surface area (Å²) in [4.78, 5) is 14.2. The lowest BCUT2D eigenvalue weighted by atomic mass is 9.99. The van der Waals surface area contributed by atoms with Crippen molar-refractivity contribution in [2.75, 3.05) is 6.54 Å². The van der Waals surface area contributed by atoms with Gasteiger partial charge in [0, 0.05) is 13.6 Å². The van der Waals surface area contributed by atoms with Crippen molar-refractivity contribution in [2.45, 2.75) is 58.6 Å². The van der Waals surface area contributed by atoms with E-state index in [1.54, 1.807) is 0 Å². The molecule has 1 aromatic rings. The summed E-state index contributed by atoms with van der Waals surface area (Å²) in [5, 5.41) is 4.39. The molecule has 0 spiro atoms. The van der Waals surface area contributed by atoms with Gasteiger partial charge in [0.2, 0.25) is 0 Å². The third-order valence-electron chi connectivity index (χ3n) is 3.51. The van der Waals surface area contributed by atoms with Gasteiger partial charge in [-0.05, 0) is 53.0 Å². The Labute approximate surface area is 120 Å². The second kappa shape index (κ2) is 5.46. The molecule has 2 rings (SSSR count). The van der Waals surface area contributed by atoms with Gasteiger partial charge in [0.15, 0.2) is 0 Å². The Morgan fingerprint density at radius 1 is 1.40 bits per heavy atom. The van der Waals surface area contributed by atoms with E-state index >= 15 is 0 Å². The fourth-order valence-electron chi connectivity index (χ4n) is 2.72. The molecule has 1 atom stereocenters. The number of likely N-dealkylation sites (tertiary alicyclic amines) is 1. The number of aromatic nitrogens is 2. The molecule has 112 valence electrons. The van der Waals surface area contributed by atoms with Crippen LogP contribution in [-0.2, 0) is 11.8 Å². The van der Waals surface area contributed by atoms with Crippen LogP contribution in [0.3, 0.4) is 0 Å². The zero-order valence-corrected chi connectivity index (χ0v) is 13.1. The predicted molar refractivity (Wildman–Crippen MR) is 77.5 cm³/mol. The number of nitrogens with zero attached hydrogens (tertiary/aromatic N) is 3. The Morgan fingerprint density at radius 3 is 2.65 bits per heavy atom. The second-order valence-electron chi connectivity index (χ2n) is 6.52. The molecule has 0 radical (unpaired) electrons.